The zero-order chi connectivity index (χ0) is 12.8. The van der Waals surface area contributed by atoms with Gasteiger partial charge in [-0.05, 0) is 6.92 Å². The Bertz CT molecular complexity index is 443. The van der Waals surface area contributed by atoms with E-state index in [1.807, 2.05) is 0 Å². The molecule has 0 aliphatic carbocycles. The smallest absolute Gasteiger partial charge is 0.326 e. The van der Waals surface area contributed by atoms with Crippen LogP contribution in [0.5, 0.6) is 0 Å². The van der Waals surface area contributed by atoms with Crippen LogP contribution in [0.15, 0.2) is 10.9 Å². The van der Waals surface area contributed by atoms with Crippen LogP contribution in [0.25, 0.3) is 0 Å². The summed E-state index contributed by atoms with van der Waals surface area (Å²) in [7, 11) is 1.49. The van der Waals surface area contributed by atoms with Gasteiger partial charge in [-0.3, -0.25) is 4.79 Å². The number of aromatic nitrogens is 2. The van der Waals surface area contributed by atoms with Crippen LogP contribution in [0.3, 0.4) is 0 Å². The number of hydrogen-bond acceptors (Lipinski definition) is 5. The fourth-order valence-corrected chi connectivity index (χ4v) is 1.32. The van der Waals surface area contributed by atoms with Gasteiger partial charge in [0.1, 0.15) is 17.7 Å². The second-order valence-electron chi connectivity index (χ2n) is 3.53. The van der Waals surface area contributed by atoms with Crippen molar-refractivity contribution < 1.29 is 14.6 Å². The van der Waals surface area contributed by atoms with E-state index in [2.05, 4.69) is 15.3 Å². The summed E-state index contributed by atoms with van der Waals surface area (Å²) < 4.78 is 4.82. The van der Waals surface area contributed by atoms with E-state index in [-0.39, 0.29) is 11.4 Å². The highest BCUT2D eigenvalue weighted by Gasteiger charge is 2.17. The molecule has 17 heavy (non-hydrogen) atoms. The van der Waals surface area contributed by atoms with Crippen molar-refractivity contribution >= 4 is 11.8 Å². The van der Waals surface area contributed by atoms with Gasteiger partial charge in [-0.2, -0.15) is 0 Å². The normalized spacial score (nSPS) is 12.1. The number of carboxylic acid groups (broad SMARTS) is 1. The third-order valence-corrected chi connectivity index (χ3v) is 2.09. The van der Waals surface area contributed by atoms with E-state index >= 15 is 0 Å². The average Bonchev–Trinajstić information content (AvgIpc) is 2.22. The lowest BCUT2D eigenvalue weighted by Crippen LogP contribution is -2.31. The molecule has 0 aliphatic heterocycles. The Morgan fingerprint density at radius 2 is 2.41 bits per heavy atom. The van der Waals surface area contributed by atoms with Crippen molar-refractivity contribution in [3.8, 4) is 0 Å². The fraction of sp³-hybridized carbons (Fsp3) is 0.500. The van der Waals surface area contributed by atoms with Gasteiger partial charge >= 0.3 is 5.97 Å². The Balaban J connectivity index is 2.78. The Hall–Kier alpha value is -1.89. The van der Waals surface area contributed by atoms with Crippen molar-refractivity contribution in [1.29, 1.82) is 0 Å². The average molecular weight is 241 g/mol. The minimum absolute atomic E-state index is 0.245. The van der Waals surface area contributed by atoms with Gasteiger partial charge in [0.25, 0.3) is 5.56 Å². The predicted octanol–water partition coefficient (Wildman–Crippen LogP) is -0.0201. The molecule has 0 bridgehead atoms. The van der Waals surface area contributed by atoms with Crippen LogP contribution in [-0.2, 0) is 9.53 Å². The molecule has 0 aromatic carbocycles. The van der Waals surface area contributed by atoms with Crippen molar-refractivity contribution in [3.05, 3.63) is 22.2 Å². The Morgan fingerprint density at radius 1 is 1.71 bits per heavy atom. The summed E-state index contributed by atoms with van der Waals surface area (Å²) in [5, 5.41) is 11.7. The van der Waals surface area contributed by atoms with E-state index in [0.717, 1.165) is 0 Å². The molecule has 1 unspecified atom stereocenters. The summed E-state index contributed by atoms with van der Waals surface area (Å²) in [4.78, 5) is 28.6. The Morgan fingerprint density at radius 3 is 2.94 bits per heavy atom. The standard InChI is InChI=1S/C10H15N3O4/c1-6-11-8(5-9(14)12-6)13-7(10(15)16)3-4-17-2/h5,7H,3-4H2,1-2H3,(H,15,16)(H2,11,12,13,14). The highest BCUT2D eigenvalue weighted by Crippen LogP contribution is 2.04. The van der Waals surface area contributed by atoms with E-state index in [1.165, 1.54) is 13.2 Å². The lowest BCUT2D eigenvalue weighted by molar-refractivity contribution is -0.138. The highest BCUT2D eigenvalue weighted by atomic mass is 16.5. The maximum absolute atomic E-state index is 11.2. The zero-order valence-electron chi connectivity index (χ0n) is 9.69. The number of nitrogens with one attached hydrogen (secondary N) is 2. The van der Waals surface area contributed by atoms with Crippen molar-refractivity contribution in [2.45, 2.75) is 19.4 Å². The second-order valence-corrected chi connectivity index (χ2v) is 3.53. The molecule has 1 aromatic heterocycles. The van der Waals surface area contributed by atoms with Gasteiger partial charge in [0.05, 0.1) is 0 Å². The monoisotopic (exact) mass is 241 g/mol. The molecule has 7 nitrogen and oxygen atoms in total. The number of hydrogen-bond donors (Lipinski definition) is 3. The van der Waals surface area contributed by atoms with Gasteiger partial charge in [-0.15, -0.1) is 0 Å². The van der Waals surface area contributed by atoms with E-state index in [4.69, 9.17) is 9.84 Å². The number of aryl methyl sites for hydroxylation is 1. The maximum atomic E-state index is 11.2. The lowest BCUT2D eigenvalue weighted by atomic mass is 10.2. The predicted molar refractivity (Wildman–Crippen MR) is 61.1 cm³/mol. The van der Waals surface area contributed by atoms with E-state index < -0.39 is 12.0 Å². The molecule has 3 N–H and O–H groups in total. The lowest BCUT2D eigenvalue weighted by Gasteiger charge is -2.14. The van der Waals surface area contributed by atoms with Crippen molar-refractivity contribution in [1.82, 2.24) is 9.97 Å². The van der Waals surface area contributed by atoms with Gasteiger partial charge in [0, 0.05) is 26.2 Å². The van der Waals surface area contributed by atoms with Gasteiger partial charge in [0.15, 0.2) is 0 Å². The fourth-order valence-electron chi connectivity index (χ4n) is 1.32. The molecule has 0 amide bonds. The first-order valence-electron chi connectivity index (χ1n) is 5.09. The van der Waals surface area contributed by atoms with Crippen LogP contribution >= 0.6 is 0 Å². The molecule has 1 rings (SSSR count). The number of anilines is 1. The van der Waals surface area contributed by atoms with Crippen LogP contribution in [0.2, 0.25) is 0 Å². The topological polar surface area (TPSA) is 104 Å². The van der Waals surface area contributed by atoms with Crippen molar-refractivity contribution in [2.24, 2.45) is 0 Å². The van der Waals surface area contributed by atoms with Crippen LogP contribution in [0.4, 0.5) is 5.82 Å². The molecule has 1 atom stereocenters. The molecule has 7 heteroatoms. The summed E-state index contributed by atoms with van der Waals surface area (Å²) >= 11 is 0. The summed E-state index contributed by atoms with van der Waals surface area (Å²) in [6.45, 7) is 1.93. The van der Waals surface area contributed by atoms with Gasteiger partial charge < -0.3 is 20.1 Å². The minimum Gasteiger partial charge on any atom is -0.480 e. The summed E-state index contributed by atoms with van der Waals surface area (Å²) in [5.41, 5.74) is -0.323. The van der Waals surface area contributed by atoms with Crippen LogP contribution < -0.4 is 10.9 Å². The molecule has 0 fully saturated rings. The minimum atomic E-state index is -1.01. The molecular weight excluding hydrogens is 226 g/mol. The largest absolute Gasteiger partial charge is 0.480 e. The Kier molecular flexibility index (Phi) is 4.65. The number of carbonyl (C=O) groups is 1. The van der Waals surface area contributed by atoms with Crippen LogP contribution in [0.1, 0.15) is 12.2 Å². The molecular formula is C10H15N3O4. The van der Waals surface area contributed by atoms with Gasteiger partial charge in [0.2, 0.25) is 0 Å². The third-order valence-electron chi connectivity index (χ3n) is 2.09. The number of H-pyrrole nitrogens is 1. The molecule has 0 saturated carbocycles. The molecule has 1 aromatic rings. The number of methoxy groups -OCH3 is 1. The first-order valence-corrected chi connectivity index (χ1v) is 5.09. The van der Waals surface area contributed by atoms with Crippen LogP contribution in [-0.4, -0.2) is 40.8 Å². The van der Waals surface area contributed by atoms with Crippen molar-refractivity contribution in [3.63, 3.8) is 0 Å². The number of ether oxygens (including phenoxy) is 1. The maximum Gasteiger partial charge on any atom is 0.326 e. The second kappa shape index (κ2) is 6.00. The van der Waals surface area contributed by atoms with E-state index in [9.17, 15) is 9.59 Å². The Labute approximate surface area is 97.8 Å². The number of nitrogens with zero attached hydrogens (tertiary/aromatic N) is 1. The molecule has 0 saturated heterocycles. The number of rotatable bonds is 6. The summed E-state index contributed by atoms with van der Waals surface area (Å²) in [6, 6.07) is 0.388. The number of aliphatic carboxylic acids is 1. The van der Waals surface area contributed by atoms with E-state index in [1.54, 1.807) is 6.92 Å². The van der Waals surface area contributed by atoms with Gasteiger partial charge in [-0.25, -0.2) is 9.78 Å². The third kappa shape index (κ3) is 4.23. The highest BCUT2D eigenvalue weighted by molar-refractivity contribution is 5.76. The molecule has 0 spiro atoms. The molecule has 0 radical (unpaired) electrons. The molecule has 0 aliphatic rings. The van der Waals surface area contributed by atoms with Crippen LogP contribution in [0, 0.1) is 6.92 Å². The molecule has 94 valence electrons. The first kappa shape index (κ1) is 13.2. The number of carboxylic acids is 1. The summed E-state index contributed by atoms with van der Waals surface area (Å²) in [6.07, 6.45) is 0.291. The molecule has 1 heterocycles. The quantitative estimate of drug-likeness (QED) is 0.646. The van der Waals surface area contributed by atoms with Crippen molar-refractivity contribution in [2.75, 3.05) is 19.0 Å². The number of aromatic amines is 1. The van der Waals surface area contributed by atoms with Gasteiger partial charge in [-0.1, -0.05) is 0 Å². The first-order chi connectivity index (χ1) is 8.02. The zero-order valence-corrected chi connectivity index (χ0v) is 9.69. The summed E-state index contributed by atoms with van der Waals surface area (Å²) in [5.74, 6) is -0.340. The van der Waals surface area contributed by atoms with E-state index in [0.29, 0.717) is 18.9 Å². The SMILES string of the molecule is COCCC(Nc1cc(=O)[nH]c(C)n1)C(=O)O.